The lowest BCUT2D eigenvalue weighted by Crippen LogP contribution is -2.05. The molecular formula is C30H29F2N3O4S. The second-order valence-electron chi connectivity index (χ2n) is 9.26. The molecule has 0 aliphatic rings. The van der Waals surface area contributed by atoms with Crippen LogP contribution in [0.4, 0.5) is 8.78 Å². The molecule has 0 fully saturated rings. The summed E-state index contributed by atoms with van der Waals surface area (Å²) in [5.74, 6) is -1.70. The number of H-pyrrole nitrogens is 1. The second-order valence-corrected chi connectivity index (χ2v) is 11.2. The molecule has 2 aromatic heterocycles. The number of aldehydes is 1. The molecule has 0 saturated carbocycles. The number of nitrogens with zero attached hydrogens (tertiary/aromatic N) is 2. The van der Waals surface area contributed by atoms with Gasteiger partial charge in [-0.1, -0.05) is 38.6 Å². The van der Waals surface area contributed by atoms with E-state index < -0.39 is 15.7 Å². The van der Waals surface area contributed by atoms with Crippen molar-refractivity contribution in [3.05, 3.63) is 102 Å². The maximum Gasteiger partial charge on any atom is 0.182 e. The minimum absolute atomic E-state index is 0. The van der Waals surface area contributed by atoms with Gasteiger partial charge in [0.25, 0.3) is 0 Å². The summed E-state index contributed by atoms with van der Waals surface area (Å²) in [6.45, 7) is 1.85. The van der Waals surface area contributed by atoms with E-state index in [1.807, 2.05) is 6.92 Å². The Morgan fingerprint density at radius 1 is 1.10 bits per heavy atom. The molecule has 1 atom stereocenters. The summed E-state index contributed by atoms with van der Waals surface area (Å²) in [5, 5.41) is 4.94. The molecule has 5 rings (SSSR count). The van der Waals surface area contributed by atoms with Crippen molar-refractivity contribution in [2.75, 3.05) is 6.26 Å². The van der Waals surface area contributed by atoms with E-state index in [1.54, 1.807) is 65.5 Å². The van der Waals surface area contributed by atoms with Gasteiger partial charge in [-0.05, 0) is 41.8 Å². The Kier molecular flexibility index (Phi) is 8.20. The summed E-state index contributed by atoms with van der Waals surface area (Å²) in [7, 11) is -3.83. The number of sulfone groups is 1. The lowest BCUT2D eigenvalue weighted by Gasteiger charge is -2.14. The predicted octanol–water partition coefficient (Wildman–Crippen LogP) is 6.75. The van der Waals surface area contributed by atoms with Crippen LogP contribution < -0.4 is 4.74 Å². The average Bonchev–Trinajstić information content (AvgIpc) is 3.57. The van der Waals surface area contributed by atoms with Gasteiger partial charge in [-0.15, -0.1) is 0 Å². The SMILES string of the molecule is C.CC(c1ccn(-c2cccc(Oc3c(F)cc4[nH]ccc4c3S(C)(=O)=O)c2)n1)c1cccc(CCC=O)c1F. The zero-order chi connectivity index (χ0) is 27.7. The number of benzene rings is 3. The fourth-order valence-electron chi connectivity index (χ4n) is 4.61. The van der Waals surface area contributed by atoms with Crippen molar-refractivity contribution in [2.24, 2.45) is 0 Å². The summed E-state index contributed by atoms with van der Waals surface area (Å²) in [4.78, 5) is 13.3. The normalized spacial score (nSPS) is 12.2. The van der Waals surface area contributed by atoms with Gasteiger partial charge in [-0.2, -0.15) is 5.10 Å². The van der Waals surface area contributed by atoms with Crippen LogP contribution in [0.1, 0.15) is 43.5 Å². The first-order valence-corrected chi connectivity index (χ1v) is 14.1. The molecule has 208 valence electrons. The Balaban J connectivity index is 0.00000370. The van der Waals surface area contributed by atoms with Crippen molar-refractivity contribution in [1.82, 2.24) is 14.8 Å². The number of fused-ring (bicyclic) bond motifs is 1. The van der Waals surface area contributed by atoms with Gasteiger partial charge < -0.3 is 14.5 Å². The predicted molar refractivity (Wildman–Crippen MR) is 150 cm³/mol. The highest BCUT2D eigenvalue weighted by atomic mass is 32.2. The second kappa shape index (κ2) is 11.4. The largest absolute Gasteiger partial charge is 0.453 e. The average molecular weight is 566 g/mol. The third kappa shape index (κ3) is 5.53. The van der Waals surface area contributed by atoms with Gasteiger partial charge in [-0.3, -0.25) is 0 Å². The number of hydrogen-bond acceptors (Lipinski definition) is 5. The van der Waals surface area contributed by atoms with Crippen molar-refractivity contribution in [2.45, 2.75) is 38.0 Å². The molecule has 7 nitrogen and oxygen atoms in total. The Bertz CT molecular complexity index is 1790. The summed E-state index contributed by atoms with van der Waals surface area (Å²) < 4.78 is 62.6. The van der Waals surface area contributed by atoms with E-state index in [0.29, 0.717) is 39.8 Å². The van der Waals surface area contributed by atoms with Crippen LogP contribution in [0.15, 0.2) is 78.0 Å². The molecule has 1 N–H and O–H groups in total. The van der Waals surface area contributed by atoms with E-state index in [9.17, 15) is 13.2 Å². The first-order valence-electron chi connectivity index (χ1n) is 12.2. The van der Waals surface area contributed by atoms with Crippen LogP contribution in [0.2, 0.25) is 0 Å². The van der Waals surface area contributed by atoms with Crippen LogP contribution >= 0.6 is 0 Å². The number of hydrogen-bond donors (Lipinski definition) is 1. The standard InChI is InChI=1S/C29H25F2N3O4S.CH4/c1-18(22-10-3-6-19(27(22)31)7-5-15-35)25-12-14-34(33-25)20-8-4-9-21(16-20)38-28-24(30)17-26-23(11-13-32-26)29(28)39(2,36)37;/h3-4,6,8-18,32H,5,7H2,1-2H3;1H4. The molecule has 0 aliphatic heterocycles. The summed E-state index contributed by atoms with van der Waals surface area (Å²) >= 11 is 0. The number of aromatic amines is 1. The van der Waals surface area contributed by atoms with Crippen LogP contribution in [0.25, 0.3) is 16.6 Å². The minimum Gasteiger partial charge on any atom is -0.453 e. The monoisotopic (exact) mass is 565 g/mol. The van der Waals surface area contributed by atoms with Crippen LogP contribution in [0.3, 0.4) is 0 Å². The summed E-state index contributed by atoms with van der Waals surface area (Å²) in [6, 6.07) is 16.3. The maximum absolute atomic E-state index is 15.1. The van der Waals surface area contributed by atoms with Gasteiger partial charge in [0.05, 0.1) is 11.4 Å². The molecule has 5 aromatic rings. The number of ether oxygens (including phenoxy) is 1. The number of rotatable bonds is 9. The lowest BCUT2D eigenvalue weighted by atomic mass is 9.94. The molecule has 0 saturated heterocycles. The Labute approximate surface area is 231 Å². The molecule has 0 bridgehead atoms. The van der Waals surface area contributed by atoms with Crippen LogP contribution in [0.5, 0.6) is 11.5 Å². The molecule has 2 heterocycles. The zero-order valence-electron chi connectivity index (χ0n) is 21.2. The van der Waals surface area contributed by atoms with Crippen molar-refractivity contribution in [1.29, 1.82) is 0 Å². The highest BCUT2D eigenvalue weighted by Crippen LogP contribution is 2.38. The van der Waals surface area contributed by atoms with E-state index in [0.717, 1.165) is 12.5 Å². The first kappa shape index (κ1) is 28.7. The molecule has 3 aromatic carbocycles. The van der Waals surface area contributed by atoms with E-state index in [2.05, 4.69) is 10.1 Å². The van der Waals surface area contributed by atoms with Crippen molar-refractivity contribution >= 4 is 27.0 Å². The van der Waals surface area contributed by atoms with E-state index in [-0.39, 0.29) is 42.0 Å². The fraction of sp³-hybridized carbons (Fsp3) is 0.200. The number of carbonyl (C=O) groups is 1. The van der Waals surface area contributed by atoms with Crippen molar-refractivity contribution < 1.29 is 26.7 Å². The third-order valence-electron chi connectivity index (χ3n) is 6.55. The van der Waals surface area contributed by atoms with Gasteiger partial charge in [0.1, 0.15) is 22.7 Å². The quantitative estimate of drug-likeness (QED) is 0.200. The first-order chi connectivity index (χ1) is 18.7. The number of nitrogens with one attached hydrogen (secondary N) is 1. The Hall–Kier alpha value is -4.31. The Morgan fingerprint density at radius 2 is 1.88 bits per heavy atom. The number of aromatic nitrogens is 3. The van der Waals surface area contributed by atoms with E-state index in [1.165, 1.54) is 12.3 Å². The molecule has 0 aliphatic carbocycles. The van der Waals surface area contributed by atoms with Crippen LogP contribution in [-0.4, -0.2) is 35.7 Å². The number of aryl methyl sites for hydroxylation is 1. The molecule has 0 amide bonds. The Morgan fingerprint density at radius 3 is 2.62 bits per heavy atom. The topological polar surface area (TPSA) is 94.1 Å². The summed E-state index contributed by atoms with van der Waals surface area (Å²) in [5.41, 5.74) is 2.50. The van der Waals surface area contributed by atoms with Crippen LogP contribution in [0, 0.1) is 11.6 Å². The fourth-order valence-corrected chi connectivity index (χ4v) is 5.66. The van der Waals surface area contributed by atoms with E-state index in [4.69, 9.17) is 4.74 Å². The minimum atomic E-state index is -3.83. The van der Waals surface area contributed by atoms with Crippen molar-refractivity contribution in [3.8, 4) is 17.2 Å². The molecular weight excluding hydrogens is 536 g/mol. The zero-order valence-corrected chi connectivity index (χ0v) is 22.0. The van der Waals surface area contributed by atoms with E-state index >= 15 is 8.78 Å². The third-order valence-corrected chi connectivity index (χ3v) is 7.70. The van der Waals surface area contributed by atoms with Gasteiger partial charge in [0, 0.05) is 54.0 Å². The maximum atomic E-state index is 15.1. The van der Waals surface area contributed by atoms with Gasteiger partial charge in [0.15, 0.2) is 21.4 Å². The molecule has 40 heavy (non-hydrogen) atoms. The van der Waals surface area contributed by atoms with Crippen molar-refractivity contribution in [3.63, 3.8) is 0 Å². The van der Waals surface area contributed by atoms with Gasteiger partial charge in [-0.25, -0.2) is 21.9 Å². The molecule has 10 heteroatoms. The lowest BCUT2D eigenvalue weighted by molar-refractivity contribution is -0.107. The molecule has 0 spiro atoms. The smallest absolute Gasteiger partial charge is 0.182 e. The highest BCUT2D eigenvalue weighted by Gasteiger charge is 2.24. The van der Waals surface area contributed by atoms with Gasteiger partial charge in [0.2, 0.25) is 0 Å². The highest BCUT2D eigenvalue weighted by molar-refractivity contribution is 7.91. The van der Waals surface area contributed by atoms with Gasteiger partial charge >= 0.3 is 0 Å². The molecule has 0 radical (unpaired) electrons. The molecule has 1 unspecified atom stereocenters. The van der Waals surface area contributed by atoms with Crippen LogP contribution in [-0.2, 0) is 21.1 Å². The number of halogens is 2. The number of carbonyl (C=O) groups excluding carboxylic acids is 1. The summed E-state index contributed by atoms with van der Waals surface area (Å²) in [6.07, 6.45) is 5.60.